The Labute approximate surface area is 165 Å². The molecule has 2 aromatic heterocycles. The van der Waals surface area contributed by atoms with E-state index < -0.39 is 39.6 Å². The summed E-state index contributed by atoms with van der Waals surface area (Å²) in [6, 6.07) is 7.65. The molecule has 0 fully saturated rings. The predicted octanol–water partition coefficient (Wildman–Crippen LogP) is 0.634. The highest BCUT2D eigenvalue weighted by Gasteiger charge is 2.39. The number of carbonyl (C=O) groups excluding carboxylic acids is 2. The van der Waals surface area contributed by atoms with Gasteiger partial charge in [-0.2, -0.15) is 18.9 Å². The lowest BCUT2D eigenvalue weighted by atomic mass is 10.2. The summed E-state index contributed by atoms with van der Waals surface area (Å²) in [6.45, 7) is 0.833. The number of aromatic nitrogens is 2. The first-order valence-corrected chi connectivity index (χ1v) is 9.60. The molecule has 3 heterocycles. The van der Waals surface area contributed by atoms with Crippen LogP contribution in [0.4, 0.5) is 10.5 Å². The molecule has 0 spiro atoms. The molecule has 0 saturated heterocycles. The Morgan fingerprint density at radius 1 is 1.28 bits per heavy atom. The molecule has 12 heteroatoms. The van der Waals surface area contributed by atoms with Crippen molar-refractivity contribution >= 4 is 27.6 Å². The number of urea groups is 1. The molecule has 0 aromatic carbocycles. The Morgan fingerprint density at radius 3 is 2.66 bits per heavy atom. The van der Waals surface area contributed by atoms with Crippen LogP contribution in [0.15, 0.2) is 35.5 Å². The third-order valence-electron chi connectivity index (χ3n) is 4.00. The molecule has 2 aromatic rings. The highest BCUT2D eigenvalue weighted by atomic mass is 32.2. The van der Waals surface area contributed by atoms with Crippen LogP contribution in [0.1, 0.15) is 29.9 Å². The summed E-state index contributed by atoms with van der Waals surface area (Å²) < 4.78 is 25.8. The van der Waals surface area contributed by atoms with Crippen LogP contribution in [0.3, 0.4) is 0 Å². The van der Waals surface area contributed by atoms with Crippen LogP contribution in [0.25, 0.3) is 0 Å². The van der Waals surface area contributed by atoms with E-state index in [-0.39, 0.29) is 11.4 Å². The van der Waals surface area contributed by atoms with Crippen molar-refractivity contribution < 1.29 is 18.0 Å². The van der Waals surface area contributed by atoms with Crippen molar-refractivity contribution in [2.45, 2.75) is 18.0 Å². The van der Waals surface area contributed by atoms with E-state index in [4.69, 9.17) is 10.5 Å². The Bertz CT molecular complexity index is 1180. The van der Waals surface area contributed by atoms with Gasteiger partial charge in [0.15, 0.2) is 0 Å². The summed E-state index contributed by atoms with van der Waals surface area (Å²) in [4.78, 5) is 32.3. The summed E-state index contributed by atoms with van der Waals surface area (Å²) in [5.41, 5.74) is 0.592. The van der Waals surface area contributed by atoms with Gasteiger partial charge in [0.05, 0.1) is 23.0 Å². The summed E-state index contributed by atoms with van der Waals surface area (Å²) in [5.74, 6) is -0.748. The summed E-state index contributed by atoms with van der Waals surface area (Å²) in [6.07, 6.45) is 1.34. The number of pyridine rings is 2. The van der Waals surface area contributed by atoms with Crippen LogP contribution in [0, 0.1) is 22.7 Å². The fraction of sp³-hybridized carbons (Fsp3) is 0.176. The maximum atomic E-state index is 12.7. The lowest BCUT2D eigenvalue weighted by molar-refractivity contribution is -0.121. The van der Waals surface area contributed by atoms with E-state index in [9.17, 15) is 18.0 Å². The largest absolute Gasteiger partial charge is 0.346 e. The molecule has 1 aliphatic heterocycles. The van der Waals surface area contributed by atoms with Gasteiger partial charge in [0.2, 0.25) is 10.9 Å². The molecule has 2 N–H and O–H groups in total. The van der Waals surface area contributed by atoms with Crippen molar-refractivity contribution in [3.8, 4) is 12.1 Å². The summed E-state index contributed by atoms with van der Waals surface area (Å²) in [7, 11) is -4.42. The van der Waals surface area contributed by atoms with Crippen molar-refractivity contribution in [3.63, 3.8) is 0 Å². The normalized spacial score (nSPS) is 15.3. The van der Waals surface area contributed by atoms with Crippen LogP contribution in [0.2, 0.25) is 0 Å². The van der Waals surface area contributed by atoms with E-state index in [0.717, 1.165) is 0 Å². The molecule has 0 aliphatic carbocycles. The smallest absolute Gasteiger partial charge is 0.336 e. The minimum absolute atomic E-state index is 0.0687. The van der Waals surface area contributed by atoms with Crippen LogP contribution >= 0.6 is 0 Å². The van der Waals surface area contributed by atoms with Gasteiger partial charge in [-0.1, -0.05) is 0 Å². The number of fused-ring (bicyclic) bond motifs is 1. The monoisotopic (exact) mass is 411 g/mol. The second-order valence-corrected chi connectivity index (χ2v) is 7.75. The van der Waals surface area contributed by atoms with Gasteiger partial charge in [0, 0.05) is 6.20 Å². The SMILES string of the molecule is C[C@@H](NC(=O)CN1C(=O)Nc2ccc(C#N)nc2S1(=O)=O)c1ccc(C#N)cn1. The van der Waals surface area contributed by atoms with Crippen LogP contribution < -0.4 is 10.6 Å². The third kappa shape index (κ3) is 3.83. The van der Waals surface area contributed by atoms with E-state index in [2.05, 4.69) is 20.6 Å². The molecular weight excluding hydrogens is 398 g/mol. The summed E-state index contributed by atoms with van der Waals surface area (Å²) in [5, 5.41) is 22.1. The van der Waals surface area contributed by atoms with Crippen molar-refractivity contribution in [2.24, 2.45) is 0 Å². The molecule has 0 saturated carbocycles. The lowest BCUT2D eigenvalue weighted by Crippen LogP contribution is -2.49. The standard InChI is InChI=1S/C17H13N7O4S/c1-10(13-4-2-11(6-18)8-20-13)21-15(25)9-24-17(26)23-14-5-3-12(7-19)22-16(14)29(24,27)28/h2-5,8,10H,9H2,1H3,(H,21,25)(H,23,26)/t10-/m1/s1. The van der Waals surface area contributed by atoms with Gasteiger partial charge in [-0.25, -0.2) is 14.1 Å². The zero-order valence-electron chi connectivity index (χ0n) is 14.9. The van der Waals surface area contributed by atoms with Crippen molar-refractivity contribution in [1.29, 1.82) is 10.5 Å². The fourth-order valence-corrected chi connectivity index (χ4v) is 3.93. The van der Waals surface area contributed by atoms with Crippen molar-refractivity contribution in [1.82, 2.24) is 19.6 Å². The van der Waals surface area contributed by atoms with Gasteiger partial charge in [-0.3, -0.25) is 9.78 Å². The van der Waals surface area contributed by atoms with E-state index in [1.807, 2.05) is 6.07 Å². The average molecular weight is 411 g/mol. The second-order valence-electron chi connectivity index (χ2n) is 5.98. The summed E-state index contributed by atoms with van der Waals surface area (Å²) >= 11 is 0. The number of hydrogen-bond donors (Lipinski definition) is 2. The molecule has 0 unspecified atom stereocenters. The topological polar surface area (TPSA) is 169 Å². The minimum Gasteiger partial charge on any atom is -0.346 e. The fourth-order valence-electron chi connectivity index (χ4n) is 2.56. The van der Waals surface area contributed by atoms with Crippen LogP contribution in [-0.4, -0.2) is 41.2 Å². The third-order valence-corrected chi connectivity index (χ3v) is 5.68. The highest BCUT2D eigenvalue weighted by molar-refractivity contribution is 7.89. The Morgan fingerprint density at radius 2 is 2.03 bits per heavy atom. The first kappa shape index (κ1) is 19.7. The van der Waals surface area contributed by atoms with Gasteiger partial charge in [-0.15, -0.1) is 0 Å². The van der Waals surface area contributed by atoms with Gasteiger partial charge < -0.3 is 10.6 Å². The van der Waals surface area contributed by atoms with Gasteiger partial charge in [0.1, 0.15) is 24.4 Å². The lowest BCUT2D eigenvalue weighted by Gasteiger charge is -2.27. The Hall–Kier alpha value is -4.03. The van der Waals surface area contributed by atoms with E-state index in [1.54, 1.807) is 19.1 Å². The van der Waals surface area contributed by atoms with Crippen molar-refractivity contribution in [2.75, 3.05) is 11.9 Å². The minimum atomic E-state index is -4.42. The number of anilines is 1. The number of amides is 3. The molecule has 0 radical (unpaired) electrons. The van der Waals surface area contributed by atoms with Crippen molar-refractivity contribution in [3.05, 3.63) is 47.4 Å². The molecule has 29 heavy (non-hydrogen) atoms. The molecule has 1 atom stereocenters. The number of nitrogens with one attached hydrogen (secondary N) is 2. The molecule has 3 amide bonds. The zero-order chi connectivity index (χ0) is 21.2. The average Bonchev–Trinajstić information content (AvgIpc) is 2.71. The van der Waals surface area contributed by atoms with Gasteiger partial charge in [0.25, 0.3) is 10.0 Å². The predicted molar refractivity (Wildman–Crippen MR) is 97.4 cm³/mol. The molecule has 1 aliphatic rings. The number of nitriles is 2. The number of rotatable bonds is 4. The maximum Gasteiger partial charge on any atom is 0.336 e. The number of nitrogens with zero attached hydrogens (tertiary/aromatic N) is 5. The Balaban J connectivity index is 1.78. The van der Waals surface area contributed by atoms with Crippen LogP contribution in [-0.2, 0) is 14.8 Å². The molecular formula is C17H13N7O4S. The zero-order valence-corrected chi connectivity index (χ0v) is 15.8. The molecule has 3 rings (SSSR count). The number of carbonyl (C=O) groups is 2. The molecule has 0 bridgehead atoms. The number of hydrogen-bond acceptors (Lipinski definition) is 8. The molecule has 146 valence electrons. The quantitative estimate of drug-likeness (QED) is 0.738. The maximum absolute atomic E-state index is 12.7. The highest BCUT2D eigenvalue weighted by Crippen LogP contribution is 2.28. The first-order chi connectivity index (χ1) is 13.8. The molecule has 11 nitrogen and oxygen atoms in total. The number of sulfonamides is 1. The van der Waals surface area contributed by atoms with E-state index in [0.29, 0.717) is 15.6 Å². The van der Waals surface area contributed by atoms with Crippen LogP contribution in [0.5, 0.6) is 0 Å². The first-order valence-electron chi connectivity index (χ1n) is 8.16. The van der Waals surface area contributed by atoms with E-state index >= 15 is 0 Å². The Kier molecular flexibility index (Phi) is 5.12. The van der Waals surface area contributed by atoms with Gasteiger partial charge >= 0.3 is 6.03 Å². The van der Waals surface area contributed by atoms with Gasteiger partial charge in [-0.05, 0) is 31.2 Å². The second kappa shape index (κ2) is 7.53. The van der Waals surface area contributed by atoms with E-state index in [1.165, 1.54) is 24.4 Å².